The van der Waals surface area contributed by atoms with Crippen molar-refractivity contribution in [3.63, 3.8) is 0 Å². The van der Waals surface area contributed by atoms with Crippen LogP contribution in [-0.4, -0.2) is 13.0 Å². The lowest BCUT2D eigenvalue weighted by atomic mass is 10.0. The van der Waals surface area contributed by atoms with E-state index in [0.29, 0.717) is 6.42 Å². The number of carbonyl (C=O) groups is 1. The van der Waals surface area contributed by atoms with Gasteiger partial charge in [-0.1, -0.05) is 42.5 Å². The van der Waals surface area contributed by atoms with Gasteiger partial charge in [0.15, 0.2) is 0 Å². The van der Waals surface area contributed by atoms with E-state index in [1.54, 1.807) is 25.2 Å². The maximum absolute atomic E-state index is 13.6. The Bertz CT molecular complexity index is 601. The Balaban J connectivity index is 1.94. The Hall–Kier alpha value is -2.20. The molecule has 1 amide bonds. The molecule has 0 radical (unpaired) electrons. The predicted octanol–water partition coefficient (Wildman–Crippen LogP) is 3.27. The molecule has 0 saturated heterocycles. The molecule has 3 nitrogen and oxygen atoms in total. The van der Waals surface area contributed by atoms with Gasteiger partial charge in [-0.25, -0.2) is 4.39 Å². The average Bonchev–Trinajstić information content (AvgIpc) is 2.53. The van der Waals surface area contributed by atoms with Crippen LogP contribution in [0.4, 0.5) is 10.1 Å². The monoisotopic (exact) mass is 286 g/mol. The molecule has 0 aromatic heterocycles. The summed E-state index contributed by atoms with van der Waals surface area (Å²) in [4.78, 5) is 13.5. The Morgan fingerprint density at radius 1 is 1.14 bits per heavy atom. The van der Waals surface area contributed by atoms with Gasteiger partial charge in [-0.05, 0) is 24.1 Å². The first-order valence-electron chi connectivity index (χ1n) is 6.91. The second-order valence-corrected chi connectivity index (χ2v) is 4.96. The summed E-state index contributed by atoms with van der Waals surface area (Å²) in [6.07, 6.45) is 0.808. The third-order valence-corrected chi connectivity index (χ3v) is 3.48. The summed E-state index contributed by atoms with van der Waals surface area (Å²) in [5.41, 5.74) is 7.35. The zero-order chi connectivity index (χ0) is 15.2. The van der Waals surface area contributed by atoms with Crippen LogP contribution in [-0.2, 0) is 4.79 Å². The number of carbonyl (C=O) groups excluding carboxylic acids is 1. The molecule has 0 saturated carbocycles. The van der Waals surface area contributed by atoms with Gasteiger partial charge in [-0.2, -0.15) is 0 Å². The lowest BCUT2D eigenvalue weighted by Gasteiger charge is -2.19. The van der Waals surface area contributed by atoms with Crippen LogP contribution in [0.1, 0.15) is 24.4 Å². The average molecular weight is 286 g/mol. The molecule has 4 heteroatoms. The molecule has 1 unspecified atom stereocenters. The van der Waals surface area contributed by atoms with E-state index in [1.807, 2.05) is 30.3 Å². The van der Waals surface area contributed by atoms with Crippen molar-refractivity contribution in [2.45, 2.75) is 18.9 Å². The van der Waals surface area contributed by atoms with Gasteiger partial charge in [0.1, 0.15) is 5.82 Å². The minimum absolute atomic E-state index is 0.147. The molecular weight excluding hydrogens is 267 g/mol. The number of para-hydroxylation sites is 1. The van der Waals surface area contributed by atoms with Gasteiger partial charge in [0.2, 0.25) is 5.91 Å². The van der Waals surface area contributed by atoms with Crippen molar-refractivity contribution in [1.29, 1.82) is 0 Å². The van der Waals surface area contributed by atoms with Crippen molar-refractivity contribution in [3.8, 4) is 0 Å². The van der Waals surface area contributed by atoms with Crippen LogP contribution in [0.3, 0.4) is 0 Å². The maximum atomic E-state index is 13.6. The van der Waals surface area contributed by atoms with Crippen molar-refractivity contribution in [2.75, 3.05) is 11.9 Å². The highest BCUT2D eigenvalue weighted by Crippen LogP contribution is 2.20. The smallest absolute Gasteiger partial charge is 0.226 e. The van der Waals surface area contributed by atoms with Crippen molar-refractivity contribution in [2.24, 2.45) is 5.73 Å². The molecule has 0 aliphatic carbocycles. The van der Waals surface area contributed by atoms with E-state index in [4.69, 9.17) is 5.73 Å². The number of anilines is 1. The highest BCUT2D eigenvalue weighted by atomic mass is 19.1. The summed E-state index contributed by atoms with van der Waals surface area (Å²) in [5.74, 6) is -0.549. The fourth-order valence-electron chi connectivity index (χ4n) is 2.17. The molecular formula is C17H19FN2O. The van der Waals surface area contributed by atoms with Gasteiger partial charge in [-0.3, -0.25) is 4.79 Å². The van der Waals surface area contributed by atoms with E-state index in [2.05, 4.69) is 0 Å². The normalized spacial score (nSPS) is 12.0. The lowest BCUT2D eigenvalue weighted by Crippen LogP contribution is -2.27. The molecule has 0 aliphatic rings. The van der Waals surface area contributed by atoms with E-state index in [0.717, 1.165) is 5.56 Å². The molecule has 0 bridgehead atoms. The molecule has 0 heterocycles. The molecule has 21 heavy (non-hydrogen) atoms. The van der Waals surface area contributed by atoms with Crippen LogP contribution < -0.4 is 10.6 Å². The number of rotatable bonds is 5. The summed E-state index contributed by atoms with van der Waals surface area (Å²) in [5, 5.41) is 0. The summed E-state index contributed by atoms with van der Waals surface area (Å²) in [7, 11) is 1.58. The zero-order valence-electron chi connectivity index (χ0n) is 12.0. The van der Waals surface area contributed by atoms with Crippen LogP contribution in [0.5, 0.6) is 0 Å². The van der Waals surface area contributed by atoms with Crippen LogP contribution in [0, 0.1) is 5.82 Å². The molecule has 0 aliphatic heterocycles. The fraction of sp³-hybridized carbons (Fsp3) is 0.235. The standard InChI is InChI=1S/C17H19FN2O/c1-20(16-10-6-5-9-14(16)18)17(21)12-11-15(19)13-7-3-2-4-8-13/h2-10,15H,11-12,19H2,1H3. The number of amides is 1. The van der Waals surface area contributed by atoms with Crippen LogP contribution in [0.15, 0.2) is 54.6 Å². The third kappa shape index (κ3) is 3.89. The van der Waals surface area contributed by atoms with Crippen molar-refractivity contribution in [1.82, 2.24) is 0 Å². The minimum atomic E-state index is -0.402. The Kier molecular flexibility index (Phi) is 5.06. The molecule has 2 aromatic carbocycles. The minimum Gasteiger partial charge on any atom is -0.324 e. The molecule has 110 valence electrons. The number of benzene rings is 2. The summed E-state index contributed by atoms with van der Waals surface area (Å²) >= 11 is 0. The second-order valence-electron chi connectivity index (χ2n) is 4.96. The van der Waals surface area contributed by atoms with E-state index < -0.39 is 5.82 Å². The van der Waals surface area contributed by atoms with Crippen LogP contribution in [0.2, 0.25) is 0 Å². The van der Waals surface area contributed by atoms with Gasteiger partial charge < -0.3 is 10.6 Å². The highest BCUT2D eigenvalue weighted by molar-refractivity contribution is 5.92. The number of halogens is 1. The number of nitrogens with two attached hydrogens (primary N) is 1. The van der Waals surface area contributed by atoms with Crippen LogP contribution in [0.25, 0.3) is 0 Å². The SMILES string of the molecule is CN(C(=O)CCC(N)c1ccccc1)c1ccccc1F. The Labute approximate surface area is 124 Å². The zero-order valence-corrected chi connectivity index (χ0v) is 12.0. The van der Waals surface area contributed by atoms with Crippen molar-refractivity contribution < 1.29 is 9.18 Å². The fourth-order valence-corrected chi connectivity index (χ4v) is 2.17. The summed E-state index contributed by atoms with van der Waals surface area (Å²) in [6.45, 7) is 0. The van der Waals surface area contributed by atoms with Gasteiger partial charge >= 0.3 is 0 Å². The highest BCUT2D eigenvalue weighted by Gasteiger charge is 2.16. The quantitative estimate of drug-likeness (QED) is 0.917. The number of nitrogens with zero attached hydrogens (tertiary/aromatic N) is 1. The molecule has 2 N–H and O–H groups in total. The van der Waals surface area contributed by atoms with Crippen LogP contribution >= 0.6 is 0 Å². The lowest BCUT2D eigenvalue weighted by molar-refractivity contribution is -0.118. The topological polar surface area (TPSA) is 46.3 Å². The van der Waals surface area contributed by atoms with Gasteiger partial charge in [0.25, 0.3) is 0 Å². The van der Waals surface area contributed by atoms with Gasteiger partial charge in [0, 0.05) is 19.5 Å². The number of hydrogen-bond donors (Lipinski definition) is 1. The maximum Gasteiger partial charge on any atom is 0.226 e. The first kappa shape index (κ1) is 15.2. The Morgan fingerprint density at radius 2 is 1.76 bits per heavy atom. The summed E-state index contributed by atoms with van der Waals surface area (Å²) < 4.78 is 13.6. The Morgan fingerprint density at radius 3 is 2.43 bits per heavy atom. The number of hydrogen-bond acceptors (Lipinski definition) is 2. The second kappa shape index (κ2) is 6.99. The van der Waals surface area contributed by atoms with Gasteiger partial charge in [-0.15, -0.1) is 0 Å². The predicted molar refractivity (Wildman–Crippen MR) is 82.4 cm³/mol. The molecule has 2 rings (SSSR count). The molecule has 2 aromatic rings. The largest absolute Gasteiger partial charge is 0.324 e. The summed E-state index contributed by atoms with van der Waals surface area (Å²) in [6, 6.07) is 15.7. The first-order chi connectivity index (χ1) is 10.1. The molecule has 1 atom stereocenters. The van der Waals surface area contributed by atoms with E-state index in [9.17, 15) is 9.18 Å². The third-order valence-electron chi connectivity index (χ3n) is 3.48. The molecule has 0 spiro atoms. The first-order valence-corrected chi connectivity index (χ1v) is 6.91. The molecule has 0 fully saturated rings. The van der Waals surface area contributed by atoms with E-state index in [1.165, 1.54) is 11.0 Å². The van der Waals surface area contributed by atoms with E-state index >= 15 is 0 Å². The van der Waals surface area contributed by atoms with Crippen molar-refractivity contribution in [3.05, 3.63) is 66.0 Å². The van der Waals surface area contributed by atoms with E-state index in [-0.39, 0.29) is 24.1 Å². The van der Waals surface area contributed by atoms with Gasteiger partial charge in [0.05, 0.1) is 5.69 Å². The van der Waals surface area contributed by atoms with Crippen molar-refractivity contribution >= 4 is 11.6 Å².